The van der Waals surface area contributed by atoms with E-state index in [1.54, 1.807) is 0 Å². The van der Waals surface area contributed by atoms with Crippen LogP contribution in [-0.4, -0.2) is 11.1 Å². The fourth-order valence-electron chi connectivity index (χ4n) is 2.08. The summed E-state index contributed by atoms with van der Waals surface area (Å²) in [4.78, 5) is 10.3. The summed E-state index contributed by atoms with van der Waals surface area (Å²) >= 11 is 0. The van der Waals surface area contributed by atoms with E-state index in [0.29, 0.717) is 6.42 Å². The Hall–Kier alpha value is -1.83. The van der Waals surface area contributed by atoms with Gasteiger partial charge in [-0.05, 0) is 51.4 Å². The molecule has 0 unspecified atom stereocenters. The molecule has 0 saturated carbocycles. The van der Waals surface area contributed by atoms with Crippen molar-refractivity contribution in [3.63, 3.8) is 0 Å². The maximum absolute atomic E-state index is 10.3. The van der Waals surface area contributed by atoms with Gasteiger partial charge in [-0.1, -0.05) is 74.1 Å². The van der Waals surface area contributed by atoms with Crippen molar-refractivity contribution < 1.29 is 9.90 Å². The smallest absolute Gasteiger partial charge is 0.303 e. The summed E-state index contributed by atoms with van der Waals surface area (Å²) in [6, 6.07) is 0. The Labute approximate surface area is 148 Å². The average Bonchev–Trinajstić information content (AvgIpc) is 2.56. The molecule has 0 bridgehead atoms. The van der Waals surface area contributed by atoms with Gasteiger partial charge in [0.1, 0.15) is 0 Å². The predicted molar refractivity (Wildman–Crippen MR) is 105 cm³/mol. The first-order valence-corrected chi connectivity index (χ1v) is 9.24. The van der Waals surface area contributed by atoms with Gasteiger partial charge in [-0.25, -0.2) is 0 Å². The second-order valence-corrected chi connectivity index (χ2v) is 5.70. The Kier molecular flexibility index (Phi) is 17.8. The van der Waals surface area contributed by atoms with E-state index in [4.69, 9.17) is 5.11 Å². The number of rotatable bonds is 15. The van der Waals surface area contributed by atoms with Crippen molar-refractivity contribution in [1.82, 2.24) is 0 Å². The lowest BCUT2D eigenvalue weighted by Gasteiger charge is -1.94. The van der Waals surface area contributed by atoms with Crippen LogP contribution in [-0.2, 0) is 4.79 Å². The van der Waals surface area contributed by atoms with Crippen LogP contribution in [0.15, 0.2) is 60.8 Å². The van der Waals surface area contributed by atoms with E-state index in [1.165, 1.54) is 0 Å². The van der Waals surface area contributed by atoms with Gasteiger partial charge in [0.2, 0.25) is 0 Å². The van der Waals surface area contributed by atoms with Gasteiger partial charge < -0.3 is 5.11 Å². The lowest BCUT2D eigenvalue weighted by atomic mass is 10.1. The van der Waals surface area contributed by atoms with Crippen molar-refractivity contribution in [3.8, 4) is 0 Å². The highest BCUT2D eigenvalue weighted by atomic mass is 16.4. The lowest BCUT2D eigenvalue weighted by Crippen LogP contribution is -1.93. The molecule has 0 radical (unpaired) electrons. The van der Waals surface area contributed by atoms with Crippen molar-refractivity contribution in [3.05, 3.63) is 60.8 Å². The second-order valence-electron chi connectivity index (χ2n) is 5.70. The maximum atomic E-state index is 10.3. The molecule has 1 N–H and O–H groups in total. The highest BCUT2D eigenvalue weighted by molar-refractivity contribution is 5.66. The third-order valence-electron chi connectivity index (χ3n) is 3.42. The lowest BCUT2D eigenvalue weighted by molar-refractivity contribution is -0.137. The molecule has 0 rings (SSSR count). The number of unbranched alkanes of at least 4 members (excludes halogenated alkanes) is 3. The minimum Gasteiger partial charge on any atom is -0.481 e. The van der Waals surface area contributed by atoms with E-state index in [1.807, 2.05) is 0 Å². The number of carbonyl (C=O) groups is 1. The van der Waals surface area contributed by atoms with Crippen molar-refractivity contribution in [2.24, 2.45) is 0 Å². The van der Waals surface area contributed by atoms with Crippen molar-refractivity contribution in [2.75, 3.05) is 0 Å². The zero-order chi connectivity index (χ0) is 17.7. The molecule has 134 valence electrons. The third kappa shape index (κ3) is 20.2. The standard InChI is InChI=1S/C22H34O2/c1-2-3-4-5-6-7-8-9-10-11-12-13-14-15-16-17-18-19-20-21-22(23)24/h3-4,6-7,9-10,12-13,15-16H,2,5,8,11,14,17-21H2,1H3,(H,23,24)/b4-3-,7-6+,10-9-,13-12+,16-15-. The molecule has 0 aromatic rings. The largest absolute Gasteiger partial charge is 0.481 e. The Morgan fingerprint density at radius 3 is 1.58 bits per heavy atom. The highest BCUT2D eigenvalue weighted by Gasteiger charge is 1.94. The molecule has 0 atom stereocenters. The molecule has 0 amide bonds. The highest BCUT2D eigenvalue weighted by Crippen LogP contribution is 2.04. The Bertz CT molecular complexity index is 425. The van der Waals surface area contributed by atoms with Crippen LogP contribution in [0.3, 0.4) is 0 Å². The molecule has 0 aliphatic carbocycles. The number of aliphatic carboxylic acids is 1. The van der Waals surface area contributed by atoms with Crippen LogP contribution in [0.25, 0.3) is 0 Å². The number of carboxylic acid groups (broad SMARTS) is 1. The SMILES string of the molecule is CC/C=C\C/C=C/C/C=C\C/C=C/C/C=C\CCCCCC(=O)O. The summed E-state index contributed by atoms with van der Waals surface area (Å²) in [5, 5.41) is 8.52. The first kappa shape index (κ1) is 22.2. The van der Waals surface area contributed by atoms with E-state index in [0.717, 1.165) is 57.8 Å². The minimum atomic E-state index is -0.690. The van der Waals surface area contributed by atoms with Gasteiger partial charge >= 0.3 is 5.97 Å². The molecular formula is C22H34O2. The molecule has 0 fully saturated rings. The molecule has 0 aliphatic rings. The maximum Gasteiger partial charge on any atom is 0.303 e. The number of carboxylic acids is 1. The normalized spacial score (nSPS) is 12.7. The van der Waals surface area contributed by atoms with E-state index in [9.17, 15) is 4.79 Å². The number of hydrogen-bond donors (Lipinski definition) is 1. The Balaban J connectivity index is 3.42. The predicted octanol–water partition coefficient (Wildman–Crippen LogP) is 6.77. The fraction of sp³-hybridized carbons (Fsp3) is 0.500. The molecule has 0 aromatic carbocycles. The van der Waals surface area contributed by atoms with Gasteiger partial charge in [-0.3, -0.25) is 4.79 Å². The van der Waals surface area contributed by atoms with E-state index in [2.05, 4.69) is 67.7 Å². The van der Waals surface area contributed by atoms with Gasteiger partial charge in [0.05, 0.1) is 0 Å². The van der Waals surface area contributed by atoms with E-state index < -0.39 is 5.97 Å². The van der Waals surface area contributed by atoms with Crippen molar-refractivity contribution in [1.29, 1.82) is 0 Å². The summed E-state index contributed by atoms with van der Waals surface area (Å²) in [6.07, 6.45) is 31.3. The summed E-state index contributed by atoms with van der Waals surface area (Å²) < 4.78 is 0. The summed E-state index contributed by atoms with van der Waals surface area (Å²) in [6.45, 7) is 2.15. The first-order chi connectivity index (χ1) is 11.8. The molecule has 0 spiro atoms. The van der Waals surface area contributed by atoms with Crippen molar-refractivity contribution >= 4 is 5.97 Å². The van der Waals surface area contributed by atoms with Gasteiger partial charge in [0.25, 0.3) is 0 Å². The molecule has 0 saturated heterocycles. The molecule has 0 aromatic heterocycles. The topological polar surface area (TPSA) is 37.3 Å². The average molecular weight is 331 g/mol. The van der Waals surface area contributed by atoms with Crippen LogP contribution < -0.4 is 0 Å². The number of hydrogen-bond acceptors (Lipinski definition) is 1. The number of allylic oxidation sites excluding steroid dienone is 10. The monoisotopic (exact) mass is 330 g/mol. The van der Waals surface area contributed by atoms with Crippen LogP contribution in [0, 0.1) is 0 Å². The van der Waals surface area contributed by atoms with Gasteiger partial charge in [-0.15, -0.1) is 0 Å². The van der Waals surface area contributed by atoms with Crippen LogP contribution in [0.5, 0.6) is 0 Å². The molecule has 2 nitrogen and oxygen atoms in total. The molecule has 0 aliphatic heterocycles. The Morgan fingerprint density at radius 2 is 1.12 bits per heavy atom. The van der Waals surface area contributed by atoms with Gasteiger partial charge in [0.15, 0.2) is 0 Å². The quantitative estimate of drug-likeness (QED) is 0.265. The van der Waals surface area contributed by atoms with Crippen LogP contribution in [0.2, 0.25) is 0 Å². The van der Waals surface area contributed by atoms with E-state index in [-0.39, 0.29) is 0 Å². The summed E-state index contributed by atoms with van der Waals surface area (Å²) in [5.41, 5.74) is 0. The third-order valence-corrected chi connectivity index (χ3v) is 3.42. The van der Waals surface area contributed by atoms with Gasteiger partial charge in [-0.2, -0.15) is 0 Å². The zero-order valence-electron chi connectivity index (χ0n) is 15.2. The summed E-state index contributed by atoms with van der Waals surface area (Å²) in [7, 11) is 0. The minimum absolute atomic E-state index is 0.297. The van der Waals surface area contributed by atoms with Gasteiger partial charge in [0, 0.05) is 6.42 Å². The van der Waals surface area contributed by atoms with E-state index >= 15 is 0 Å². The van der Waals surface area contributed by atoms with Crippen LogP contribution >= 0.6 is 0 Å². The first-order valence-electron chi connectivity index (χ1n) is 9.24. The Morgan fingerprint density at radius 1 is 0.667 bits per heavy atom. The van der Waals surface area contributed by atoms with Crippen molar-refractivity contribution in [2.45, 2.75) is 71.1 Å². The second kappa shape index (κ2) is 19.2. The van der Waals surface area contributed by atoms with Crippen LogP contribution in [0.1, 0.15) is 71.1 Å². The molecule has 2 heteroatoms. The van der Waals surface area contributed by atoms with Crippen LogP contribution in [0.4, 0.5) is 0 Å². The molecule has 0 heterocycles. The molecular weight excluding hydrogens is 296 g/mol. The zero-order valence-corrected chi connectivity index (χ0v) is 15.2. The molecule has 24 heavy (non-hydrogen) atoms. The summed E-state index contributed by atoms with van der Waals surface area (Å²) in [5.74, 6) is -0.690. The fourth-order valence-corrected chi connectivity index (χ4v) is 2.08.